The highest BCUT2D eigenvalue weighted by Crippen LogP contribution is 2.19. The number of esters is 1. The lowest BCUT2D eigenvalue weighted by Gasteiger charge is -2.09. The molecular formula is C18H13N5O3. The first kappa shape index (κ1) is 16.9. The Balaban J connectivity index is 1.94. The van der Waals surface area contributed by atoms with E-state index in [0.29, 0.717) is 5.82 Å². The maximum atomic E-state index is 12.6. The van der Waals surface area contributed by atoms with Gasteiger partial charge in [0.05, 0.1) is 18.9 Å². The van der Waals surface area contributed by atoms with Crippen LogP contribution in [-0.4, -0.2) is 33.8 Å². The van der Waals surface area contributed by atoms with Crippen molar-refractivity contribution in [1.82, 2.24) is 14.8 Å². The summed E-state index contributed by atoms with van der Waals surface area (Å²) in [6.45, 7) is 0. The van der Waals surface area contributed by atoms with Gasteiger partial charge in [-0.25, -0.2) is 9.78 Å². The second-order valence-electron chi connectivity index (χ2n) is 5.14. The number of carbonyl (C=O) groups is 2. The molecule has 0 saturated heterocycles. The van der Waals surface area contributed by atoms with Crippen molar-refractivity contribution < 1.29 is 14.3 Å². The van der Waals surface area contributed by atoms with E-state index >= 15 is 0 Å². The molecule has 0 aliphatic rings. The van der Waals surface area contributed by atoms with Crippen LogP contribution in [0.15, 0.2) is 54.9 Å². The number of hydrogen-bond donors (Lipinski definition) is 1. The van der Waals surface area contributed by atoms with E-state index in [0.717, 1.165) is 0 Å². The van der Waals surface area contributed by atoms with E-state index in [9.17, 15) is 14.9 Å². The van der Waals surface area contributed by atoms with Gasteiger partial charge in [-0.2, -0.15) is 15.0 Å². The molecule has 8 nitrogen and oxygen atoms in total. The van der Waals surface area contributed by atoms with E-state index in [2.05, 4.69) is 20.1 Å². The van der Waals surface area contributed by atoms with Crippen LogP contribution in [0.1, 0.15) is 26.3 Å². The van der Waals surface area contributed by atoms with E-state index < -0.39 is 11.9 Å². The average molecular weight is 347 g/mol. The average Bonchev–Trinajstić information content (AvgIpc) is 3.10. The van der Waals surface area contributed by atoms with Gasteiger partial charge in [0.2, 0.25) is 0 Å². The van der Waals surface area contributed by atoms with Crippen LogP contribution >= 0.6 is 0 Å². The smallest absolute Gasteiger partial charge is 0.337 e. The van der Waals surface area contributed by atoms with Crippen LogP contribution in [0.5, 0.6) is 0 Å². The highest BCUT2D eigenvalue weighted by molar-refractivity contribution is 6.05. The number of amides is 1. The van der Waals surface area contributed by atoms with Crippen LogP contribution in [0.3, 0.4) is 0 Å². The molecule has 1 N–H and O–H groups in total. The summed E-state index contributed by atoms with van der Waals surface area (Å²) in [5.41, 5.74) is 0.678. The number of rotatable bonds is 4. The fourth-order valence-corrected chi connectivity index (χ4v) is 2.29. The molecule has 1 amide bonds. The number of benzene rings is 1. The second-order valence-corrected chi connectivity index (χ2v) is 5.14. The molecule has 0 aliphatic carbocycles. The van der Waals surface area contributed by atoms with E-state index in [1.165, 1.54) is 24.1 Å². The summed E-state index contributed by atoms with van der Waals surface area (Å²) in [4.78, 5) is 28.4. The lowest BCUT2D eigenvalue weighted by Crippen LogP contribution is -2.17. The van der Waals surface area contributed by atoms with Gasteiger partial charge in [-0.15, -0.1) is 0 Å². The molecule has 2 aromatic heterocycles. The molecule has 3 aromatic rings. The summed E-state index contributed by atoms with van der Waals surface area (Å²) < 4.78 is 6.02. The molecule has 26 heavy (non-hydrogen) atoms. The molecule has 0 radical (unpaired) electrons. The summed E-state index contributed by atoms with van der Waals surface area (Å²) in [5.74, 6) is -0.395. The molecule has 8 heteroatoms. The number of hydrogen-bond acceptors (Lipinski definition) is 6. The topological polar surface area (TPSA) is 110 Å². The number of nitrogens with zero attached hydrogens (tertiary/aromatic N) is 4. The number of pyridine rings is 1. The van der Waals surface area contributed by atoms with Crippen molar-refractivity contribution >= 4 is 17.7 Å². The summed E-state index contributed by atoms with van der Waals surface area (Å²) >= 11 is 0. The number of ether oxygens (including phenoxy) is 1. The highest BCUT2D eigenvalue weighted by atomic mass is 16.5. The Bertz CT molecular complexity index is 1010. The number of methoxy groups -OCH3 is 1. The number of nitriles is 1. The summed E-state index contributed by atoms with van der Waals surface area (Å²) in [7, 11) is 1.26. The summed E-state index contributed by atoms with van der Waals surface area (Å²) in [6.07, 6.45) is 2.92. The van der Waals surface area contributed by atoms with E-state index in [1.807, 2.05) is 6.07 Å². The molecule has 0 spiro atoms. The molecule has 0 atom stereocenters. The number of aromatic nitrogens is 3. The van der Waals surface area contributed by atoms with Gasteiger partial charge < -0.3 is 10.1 Å². The second kappa shape index (κ2) is 7.27. The van der Waals surface area contributed by atoms with E-state index in [4.69, 9.17) is 0 Å². The zero-order valence-corrected chi connectivity index (χ0v) is 13.7. The van der Waals surface area contributed by atoms with Crippen LogP contribution in [0, 0.1) is 11.3 Å². The van der Waals surface area contributed by atoms with Crippen LogP contribution < -0.4 is 5.32 Å². The maximum absolute atomic E-state index is 12.6. The number of carbonyl (C=O) groups excluding carboxylic acids is 2. The minimum atomic E-state index is -0.545. The molecule has 0 unspecified atom stereocenters. The Hall–Kier alpha value is -3.99. The van der Waals surface area contributed by atoms with Crippen molar-refractivity contribution in [3.05, 3.63) is 71.5 Å². The van der Waals surface area contributed by atoms with Gasteiger partial charge >= 0.3 is 5.97 Å². The third-order valence-corrected chi connectivity index (χ3v) is 3.53. The molecule has 0 bridgehead atoms. The standard InChI is InChI=1S/C18H13N5O3/c1-26-18(25)13-6-4-5-12(9-13)17(24)22-16-14(10-19)11-21-23(16)15-7-2-3-8-20-15/h2-9,11H,1H3,(H,22,24). The lowest BCUT2D eigenvalue weighted by atomic mass is 10.1. The van der Waals surface area contributed by atoms with Gasteiger partial charge in [0.1, 0.15) is 11.6 Å². The van der Waals surface area contributed by atoms with Crippen molar-refractivity contribution in [3.63, 3.8) is 0 Å². The SMILES string of the molecule is COC(=O)c1cccc(C(=O)Nc2c(C#N)cnn2-c2ccccn2)c1. The Morgan fingerprint density at radius 2 is 2.00 bits per heavy atom. The minimum absolute atomic E-state index is 0.188. The molecule has 0 saturated carbocycles. The van der Waals surface area contributed by atoms with Gasteiger partial charge in [0, 0.05) is 11.8 Å². The first-order chi connectivity index (χ1) is 12.6. The van der Waals surface area contributed by atoms with Gasteiger partial charge in [0.25, 0.3) is 5.91 Å². The van der Waals surface area contributed by atoms with Gasteiger partial charge in [-0.3, -0.25) is 4.79 Å². The molecule has 1 aromatic carbocycles. The quantitative estimate of drug-likeness (QED) is 0.724. The molecule has 3 rings (SSSR count). The zero-order valence-electron chi connectivity index (χ0n) is 13.7. The van der Waals surface area contributed by atoms with Crippen molar-refractivity contribution in [2.45, 2.75) is 0 Å². The number of anilines is 1. The lowest BCUT2D eigenvalue weighted by molar-refractivity contribution is 0.0600. The van der Waals surface area contributed by atoms with E-state index in [-0.39, 0.29) is 22.5 Å². The summed E-state index contributed by atoms with van der Waals surface area (Å²) in [6, 6.07) is 13.3. The zero-order chi connectivity index (χ0) is 18.5. The Morgan fingerprint density at radius 1 is 1.19 bits per heavy atom. The number of nitrogens with one attached hydrogen (secondary N) is 1. The third kappa shape index (κ3) is 3.27. The van der Waals surface area contributed by atoms with Crippen molar-refractivity contribution in [2.24, 2.45) is 0 Å². The highest BCUT2D eigenvalue weighted by Gasteiger charge is 2.17. The molecule has 2 heterocycles. The monoisotopic (exact) mass is 347 g/mol. The van der Waals surface area contributed by atoms with Crippen LogP contribution in [0.4, 0.5) is 5.82 Å². The largest absolute Gasteiger partial charge is 0.465 e. The first-order valence-electron chi connectivity index (χ1n) is 7.53. The van der Waals surface area contributed by atoms with Crippen LogP contribution in [0.25, 0.3) is 5.82 Å². The molecule has 128 valence electrons. The predicted octanol–water partition coefficient (Wildman–Crippen LogP) is 2.18. The Labute approximate surface area is 148 Å². The Morgan fingerprint density at radius 3 is 2.69 bits per heavy atom. The third-order valence-electron chi connectivity index (χ3n) is 3.53. The molecule has 0 aliphatic heterocycles. The fourth-order valence-electron chi connectivity index (χ4n) is 2.29. The van der Waals surface area contributed by atoms with Crippen LogP contribution in [0.2, 0.25) is 0 Å². The minimum Gasteiger partial charge on any atom is -0.465 e. The summed E-state index contributed by atoms with van der Waals surface area (Å²) in [5, 5.41) is 16.0. The van der Waals surface area contributed by atoms with Crippen molar-refractivity contribution in [3.8, 4) is 11.9 Å². The molecular weight excluding hydrogens is 334 g/mol. The van der Waals surface area contributed by atoms with E-state index in [1.54, 1.807) is 42.6 Å². The van der Waals surface area contributed by atoms with Crippen molar-refractivity contribution in [1.29, 1.82) is 5.26 Å². The van der Waals surface area contributed by atoms with Gasteiger partial charge in [-0.05, 0) is 30.3 Å². The Kier molecular flexibility index (Phi) is 4.71. The van der Waals surface area contributed by atoms with Crippen molar-refractivity contribution in [2.75, 3.05) is 12.4 Å². The fraction of sp³-hybridized carbons (Fsp3) is 0.0556. The van der Waals surface area contributed by atoms with Gasteiger partial charge in [0.15, 0.2) is 11.6 Å². The normalized spacial score (nSPS) is 10.0. The predicted molar refractivity (Wildman–Crippen MR) is 91.8 cm³/mol. The maximum Gasteiger partial charge on any atom is 0.337 e. The first-order valence-corrected chi connectivity index (χ1v) is 7.53. The molecule has 0 fully saturated rings. The van der Waals surface area contributed by atoms with Gasteiger partial charge in [-0.1, -0.05) is 12.1 Å². The van der Waals surface area contributed by atoms with Crippen LogP contribution in [-0.2, 0) is 4.74 Å².